The van der Waals surface area contributed by atoms with E-state index >= 15 is 0 Å². The Hall–Kier alpha value is -4.03. The van der Waals surface area contributed by atoms with E-state index in [0.29, 0.717) is 11.1 Å². The Morgan fingerprint density at radius 1 is 0.818 bits per heavy atom. The summed E-state index contributed by atoms with van der Waals surface area (Å²) in [7, 11) is 0. The van der Waals surface area contributed by atoms with E-state index in [1.807, 2.05) is 0 Å². The lowest BCUT2D eigenvalue weighted by atomic mass is 10.1. The van der Waals surface area contributed by atoms with Crippen molar-refractivity contribution in [3.63, 3.8) is 0 Å². The predicted molar refractivity (Wildman–Crippen MR) is 111 cm³/mol. The third kappa shape index (κ3) is 6.98. The molecule has 174 valence electrons. The fraction of sp³-hybridized carbons (Fsp3) is 0.150. The molecule has 13 heteroatoms. The molecule has 2 aromatic rings. The Labute approximate surface area is 183 Å². The minimum atomic E-state index is -4.42. The minimum Gasteiger partial charge on any atom is -0.370 e. The van der Waals surface area contributed by atoms with Crippen molar-refractivity contribution in [1.82, 2.24) is 16.2 Å². The molecule has 1 aliphatic heterocycles. The summed E-state index contributed by atoms with van der Waals surface area (Å²) in [4.78, 5) is 3.98. The van der Waals surface area contributed by atoms with Gasteiger partial charge in [0.15, 0.2) is 5.96 Å². The molecule has 0 fully saturated rings. The monoisotopic (exact) mass is 469 g/mol. The SMILES string of the molecule is NC1=NC(N/N=C/c2ccc(C(F)(F)F)cc2)=CC(N/N=C/c2ccc(C(F)(F)F)cc2)N1. The third-order valence-electron chi connectivity index (χ3n) is 4.16. The molecule has 0 amide bonds. The maximum Gasteiger partial charge on any atom is 0.416 e. The second-order valence-electron chi connectivity index (χ2n) is 6.67. The zero-order chi connectivity index (χ0) is 24.1. The van der Waals surface area contributed by atoms with Crippen LogP contribution in [0.15, 0.2) is 75.6 Å². The molecule has 33 heavy (non-hydrogen) atoms. The van der Waals surface area contributed by atoms with Gasteiger partial charge in [-0.3, -0.25) is 10.9 Å². The van der Waals surface area contributed by atoms with Crippen molar-refractivity contribution in [2.75, 3.05) is 0 Å². The zero-order valence-corrected chi connectivity index (χ0v) is 16.6. The molecule has 0 aromatic heterocycles. The van der Waals surface area contributed by atoms with Crippen molar-refractivity contribution in [3.8, 4) is 0 Å². The average Bonchev–Trinajstić information content (AvgIpc) is 2.73. The normalized spacial score (nSPS) is 17.0. The molecule has 1 atom stereocenters. The van der Waals surface area contributed by atoms with Gasteiger partial charge in [0.25, 0.3) is 0 Å². The van der Waals surface area contributed by atoms with Crippen LogP contribution in [0.2, 0.25) is 0 Å². The molecular formula is C20H17F6N7. The van der Waals surface area contributed by atoms with Gasteiger partial charge in [0, 0.05) is 6.08 Å². The first-order valence-electron chi connectivity index (χ1n) is 9.25. The Balaban J connectivity index is 1.57. The lowest BCUT2D eigenvalue weighted by Crippen LogP contribution is -2.48. The molecule has 0 saturated carbocycles. The number of guanidine groups is 1. The number of nitrogens with one attached hydrogen (secondary N) is 3. The number of rotatable bonds is 6. The highest BCUT2D eigenvalue weighted by Crippen LogP contribution is 2.29. The van der Waals surface area contributed by atoms with Crippen molar-refractivity contribution in [2.45, 2.75) is 18.5 Å². The molecule has 0 saturated heterocycles. The maximum absolute atomic E-state index is 12.6. The average molecular weight is 469 g/mol. The summed E-state index contributed by atoms with van der Waals surface area (Å²) in [6, 6.07) is 8.86. The molecule has 5 N–H and O–H groups in total. The Morgan fingerprint density at radius 2 is 1.30 bits per heavy atom. The maximum atomic E-state index is 12.6. The quantitative estimate of drug-likeness (QED) is 0.296. The van der Waals surface area contributed by atoms with Crippen LogP contribution in [0.25, 0.3) is 0 Å². The summed E-state index contributed by atoms with van der Waals surface area (Å²) >= 11 is 0. The summed E-state index contributed by atoms with van der Waals surface area (Å²) in [6.07, 6.45) is -5.29. The molecular weight excluding hydrogens is 452 g/mol. The van der Waals surface area contributed by atoms with Crippen LogP contribution in [0, 0.1) is 0 Å². The van der Waals surface area contributed by atoms with Crippen molar-refractivity contribution in [2.24, 2.45) is 20.9 Å². The fourth-order valence-corrected chi connectivity index (χ4v) is 2.57. The molecule has 2 aromatic carbocycles. The predicted octanol–water partition coefficient (Wildman–Crippen LogP) is 3.36. The molecule has 0 spiro atoms. The van der Waals surface area contributed by atoms with E-state index < -0.39 is 29.6 Å². The number of nitrogens with two attached hydrogens (primary N) is 1. The number of hydrogen-bond acceptors (Lipinski definition) is 7. The van der Waals surface area contributed by atoms with Crippen LogP contribution in [0.4, 0.5) is 26.3 Å². The Kier molecular flexibility index (Phi) is 6.89. The number of halogens is 6. The third-order valence-corrected chi connectivity index (χ3v) is 4.16. The van der Waals surface area contributed by atoms with Gasteiger partial charge < -0.3 is 11.1 Å². The molecule has 3 rings (SSSR count). The lowest BCUT2D eigenvalue weighted by molar-refractivity contribution is -0.138. The van der Waals surface area contributed by atoms with Crippen molar-refractivity contribution >= 4 is 18.4 Å². The van der Waals surface area contributed by atoms with Gasteiger partial charge in [-0.2, -0.15) is 41.5 Å². The van der Waals surface area contributed by atoms with E-state index in [1.165, 1.54) is 42.8 Å². The van der Waals surface area contributed by atoms with Crippen LogP contribution in [-0.4, -0.2) is 24.6 Å². The Bertz CT molecular complexity index is 1070. The van der Waals surface area contributed by atoms with Crippen LogP contribution in [0.3, 0.4) is 0 Å². The van der Waals surface area contributed by atoms with Crippen LogP contribution in [-0.2, 0) is 12.4 Å². The van der Waals surface area contributed by atoms with Crippen molar-refractivity contribution in [1.29, 1.82) is 0 Å². The van der Waals surface area contributed by atoms with Crippen LogP contribution in [0.1, 0.15) is 22.3 Å². The fourth-order valence-electron chi connectivity index (χ4n) is 2.57. The summed E-state index contributed by atoms with van der Waals surface area (Å²) in [5, 5.41) is 10.6. The lowest BCUT2D eigenvalue weighted by Gasteiger charge is -2.20. The van der Waals surface area contributed by atoms with Crippen molar-refractivity contribution in [3.05, 3.63) is 82.7 Å². The van der Waals surface area contributed by atoms with E-state index in [-0.39, 0.29) is 11.8 Å². The van der Waals surface area contributed by atoms with Gasteiger partial charge in [-0.05, 0) is 35.4 Å². The molecule has 1 unspecified atom stereocenters. The van der Waals surface area contributed by atoms with Gasteiger partial charge in [0.05, 0.1) is 23.6 Å². The van der Waals surface area contributed by atoms with Gasteiger partial charge >= 0.3 is 12.4 Å². The number of benzene rings is 2. The van der Waals surface area contributed by atoms with Gasteiger partial charge in [0.1, 0.15) is 12.0 Å². The van der Waals surface area contributed by atoms with E-state index in [0.717, 1.165) is 24.3 Å². The highest BCUT2D eigenvalue weighted by atomic mass is 19.4. The van der Waals surface area contributed by atoms with Crippen LogP contribution >= 0.6 is 0 Å². The van der Waals surface area contributed by atoms with E-state index in [9.17, 15) is 26.3 Å². The summed E-state index contributed by atoms with van der Waals surface area (Å²) in [5.74, 6) is 0.267. The molecule has 7 nitrogen and oxygen atoms in total. The summed E-state index contributed by atoms with van der Waals surface area (Å²) < 4.78 is 75.5. The number of nitrogens with zero attached hydrogens (tertiary/aromatic N) is 3. The largest absolute Gasteiger partial charge is 0.416 e. The van der Waals surface area contributed by atoms with Crippen molar-refractivity contribution < 1.29 is 26.3 Å². The highest BCUT2D eigenvalue weighted by Gasteiger charge is 2.30. The molecule has 0 radical (unpaired) electrons. The number of hydrogen-bond donors (Lipinski definition) is 4. The zero-order valence-electron chi connectivity index (χ0n) is 16.6. The summed E-state index contributed by atoms with van der Waals surface area (Å²) in [6.45, 7) is 0. The van der Waals surface area contributed by atoms with Gasteiger partial charge in [-0.25, -0.2) is 0 Å². The van der Waals surface area contributed by atoms with E-state index in [2.05, 4.69) is 31.4 Å². The van der Waals surface area contributed by atoms with E-state index in [1.54, 1.807) is 0 Å². The molecule has 0 bridgehead atoms. The first kappa shape index (κ1) is 23.6. The highest BCUT2D eigenvalue weighted by molar-refractivity contribution is 5.81. The first-order chi connectivity index (χ1) is 15.5. The number of alkyl halides is 6. The van der Waals surface area contributed by atoms with E-state index in [4.69, 9.17) is 5.73 Å². The first-order valence-corrected chi connectivity index (χ1v) is 9.25. The van der Waals surface area contributed by atoms with Gasteiger partial charge in [0.2, 0.25) is 0 Å². The van der Waals surface area contributed by atoms with Gasteiger partial charge in [-0.1, -0.05) is 24.3 Å². The molecule has 0 aliphatic carbocycles. The second kappa shape index (κ2) is 9.63. The smallest absolute Gasteiger partial charge is 0.370 e. The second-order valence-corrected chi connectivity index (χ2v) is 6.67. The minimum absolute atomic E-state index is 0.0342. The summed E-state index contributed by atoms with van der Waals surface area (Å²) in [5.41, 5.74) is 10.3. The van der Waals surface area contributed by atoms with Crippen LogP contribution < -0.4 is 21.9 Å². The topological polar surface area (TPSA) is 99.2 Å². The Morgan fingerprint density at radius 3 is 1.79 bits per heavy atom. The number of aliphatic imine (C=N–C) groups is 1. The van der Waals surface area contributed by atoms with Gasteiger partial charge in [-0.15, -0.1) is 0 Å². The molecule has 1 aliphatic rings. The number of hydrazone groups is 2. The molecule has 1 heterocycles. The van der Waals surface area contributed by atoms with Crippen LogP contribution in [0.5, 0.6) is 0 Å². The standard InChI is InChI=1S/C20H17F6N7/c21-19(22,23)14-5-1-12(2-6-14)10-28-32-16-9-17(31-18(27)30-16)33-29-11-13-3-7-15(8-4-13)20(24,25)26/h1-11,16,32-33H,(H3,27,30,31)/b28-10+,29-11+.